The SMILES string of the molecule is Cc1cccc(/C=C/C(=O)O[C@H](C)C(=O)Nc2cccc(S(N)(=O)=O)c2)c1. The number of nitrogens with one attached hydrogen (secondary N) is 1. The van der Waals surface area contributed by atoms with Crippen molar-refractivity contribution in [2.75, 3.05) is 5.32 Å². The summed E-state index contributed by atoms with van der Waals surface area (Å²) in [7, 11) is -3.88. The van der Waals surface area contributed by atoms with E-state index >= 15 is 0 Å². The van der Waals surface area contributed by atoms with Crippen LogP contribution in [0.15, 0.2) is 59.5 Å². The summed E-state index contributed by atoms with van der Waals surface area (Å²) in [5.41, 5.74) is 2.12. The molecule has 0 fully saturated rings. The van der Waals surface area contributed by atoms with Crippen molar-refractivity contribution in [3.63, 3.8) is 0 Å². The minimum absolute atomic E-state index is 0.133. The van der Waals surface area contributed by atoms with E-state index in [2.05, 4.69) is 5.32 Å². The first-order valence-electron chi connectivity index (χ1n) is 8.04. The molecule has 0 bridgehead atoms. The lowest BCUT2D eigenvalue weighted by Crippen LogP contribution is -2.29. The highest BCUT2D eigenvalue weighted by Gasteiger charge is 2.17. The molecule has 1 amide bonds. The minimum atomic E-state index is -3.88. The number of rotatable bonds is 6. The molecule has 7 nitrogen and oxygen atoms in total. The van der Waals surface area contributed by atoms with E-state index in [0.717, 1.165) is 11.1 Å². The fourth-order valence-corrected chi connectivity index (χ4v) is 2.76. The second-order valence-electron chi connectivity index (χ2n) is 5.89. The van der Waals surface area contributed by atoms with Crippen LogP contribution in [0.5, 0.6) is 0 Å². The average molecular weight is 388 g/mol. The minimum Gasteiger partial charge on any atom is -0.449 e. The van der Waals surface area contributed by atoms with Gasteiger partial charge in [0.2, 0.25) is 10.0 Å². The number of carbonyl (C=O) groups excluding carboxylic acids is 2. The first-order chi connectivity index (χ1) is 12.6. The van der Waals surface area contributed by atoms with Gasteiger partial charge in [0.05, 0.1) is 4.90 Å². The number of nitrogens with two attached hydrogens (primary N) is 1. The van der Waals surface area contributed by atoms with Crippen LogP contribution < -0.4 is 10.5 Å². The Morgan fingerprint density at radius 3 is 2.52 bits per heavy atom. The van der Waals surface area contributed by atoms with Gasteiger partial charge >= 0.3 is 5.97 Å². The zero-order valence-electron chi connectivity index (χ0n) is 14.9. The number of benzene rings is 2. The molecule has 0 saturated heterocycles. The maximum atomic E-state index is 12.1. The van der Waals surface area contributed by atoms with Crippen LogP contribution in [0, 0.1) is 6.92 Å². The van der Waals surface area contributed by atoms with Crippen molar-refractivity contribution >= 4 is 33.7 Å². The number of sulfonamides is 1. The van der Waals surface area contributed by atoms with E-state index < -0.39 is 28.0 Å². The highest BCUT2D eigenvalue weighted by atomic mass is 32.2. The van der Waals surface area contributed by atoms with Crippen LogP contribution in [-0.2, 0) is 24.3 Å². The van der Waals surface area contributed by atoms with Crippen molar-refractivity contribution in [1.29, 1.82) is 0 Å². The smallest absolute Gasteiger partial charge is 0.331 e. The Morgan fingerprint density at radius 2 is 1.85 bits per heavy atom. The first kappa shape index (κ1) is 20.3. The molecule has 0 aliphatic heterocycles. The molecule has 2 aromatic rings. The molecule has 1 atom stereocenters. The van der Waals surface area contributed by atoms with Crippen LogP contribution in [0.1, 0.15) is 18.1 Å². The monoisotopic (exact) mass is 388 g/mol. The lowest BCUT2D eigenvalue weighted by molar-refractivity contribution is -0.148. The molecule has 2 rings (SSSR count). The van der Waals surface area contributed by atoms with Crippen LogP contribution in [0.4, 0.5) is 5.69 Å². The number of amides is 1. The molecule has 0 unspecified atom stereocenters. The number of carbonyl (C=O) groups is 2. The zero-order valence-corrected chi connectivity index (χ0v) is 15.7. The summed E-state index contributed by atoms with van der Waals surface area (Å²) < 4.78 is 27.7. The Hall–Kier alpha value is -2.97. The lowest BCUT2D eigenvalue weighted by atomic mass is 10.1. The molecule has 2 aromatic carbocycles. The molecule has 3 N–H and O–H groups in total. The molecule has 8 heteroatoms. The number of primary sulfonamides is 1. The van der Waals surface area contributed by atoms with Gasteiger partial charge in [0.25, 0.3) is 5.91 Å². The Kier molecular flexibility index (Phi) is 6.49. The van der Waals surface area contributed by atoms with Crippen molar-refractivity contribution < 1.29 is 22.7 Å². The third-order valence-corrected chi connectivity index (χ3v) is 4.46. The Morgan fingerprint density at radius 1 is 1.15 bits per heavy atom. The summed E-state index contributed by atoms with van der Waals surface area (Å²) in [6.45, 7) is 3.35. The number of aryl methyl sites for hydroxylation is 1. The van der Waals surface area contributed by atoms with Gasteiger partial charge in [-0.1, -0.05) is 35.9 Å². The molecule has 0 heterocycles. The highest BCUT2D eigenvalue weighted by Crippen LogP contribution is 2.14. The lowest BCUT2D eigenvalue weighted by Gasteiger charge is -2.12. The average Bonchev–Trinajstić information content (AvgIpc) is 2.59. The summed E-state index contributed by atoms with van der Waals surface area (Å²) in [4.78, 5) is 23.9. The largest absolute Gasteiger partial charge is 0.449 e. The molecule has 0 aliphatic carbocycles. The predicted octanol–water partition coefficient (Wildman–Crippen LogP) is 2.23. The van der Waals surface area contributed by atoms with Gasteiger partial charge in [-0.2, -0.15) is 0 Å². The molecule has 27 heavy (non-hydrogen) atoms. The molecular weight excluding hydrogens is 368 g/mol. The number of ether oxygens (including phenoxy) is 1. The van der Waals surface area contributed by atoms with E-state index in [-0.39, 0.29) is 10.6 Å². The van der Waals surface area contributed by atoms with E-state index in [9.17, 15) is 18.0 Å². The fraction of sp³-hybridized carbons (Fsp3) is 0.158. The van der Waals surface area contributed by atoms with Crippen LogP contribution in [0.3, 0.4) is 0 Å². The Balaban J connectivity index is 1.96. The van der Waals surface area contributed by atoms with Crippen LogP contribution in [0.2, 0.25) is 0 Å². The number of anilines is 1. The van der Waals surface area contributed by atoms with Crippen LogP contribution >= 0.6 is 0 Å². The maximum absolute atomic E-state index is 12.1. The van der Waals surface area contributed by atoms with Gasteiger partial charge in [-0.05, 0) is 43.7 Å². The van der Waals surface area contributed by atoms with E-state index in [4.69, 9.17) is 9.88 Å². The number of hydrogen-bond acceptors (Lipinski definition) is 5. The van der Waals surface area contributed by atoms with Gasteiger partial charge in [-0.25, -0.2) is 18.4 Å². The third kappa shape index (κ3) is 6.36. The fourth-order valence-electron chi connectivity index (χ4n) is 2.20. The Labute approximate surface area is 157 Å². The second kappa shape index (κ2) is 8.61. The normalized spacial score (nSPS) is 12.6. The van der Waals surface area contributed by atoms with Gasteiger partial charge in [-0.15, -0.1) is 0 Å². The van der Waals surface area contributed by atoms with E-state index in [0.29, 0.717) is 0 Å². The maximum Gasteiger partial charge on any atom is 0.331 e. The molecule has 0 spiro atoms. The third-order valence-electron chi connectivity index (χ3n) is 3.55. The van der Waals surface area contributed by atoms with E-state index in [1.807, 2.05) is 31.2 Å². The van der Waals surface area contributed by atoms with Gasteiger partial charge in [0, 0.05) is 11.8 Å². The summed E-state index contributed by atoms with van der Waals surface area (Å²) in [5.74, 6) is -1.27. The summed E-state index contributed by atoms with van der Waals surface area (Å²) in [5, 5.41) is 7.54. The zero-order chi connectivity index (χ0) is 20.0. The number of hydrogen-bond donors (Lipinski definition) is 2. The molecule has 0 aliphatic rings. The topological polar surface area (TPSA) is 116 Å². The van der Waals surface area contributed by atoms with E-state index in [1.54, 1.807) is 6.08 Å². The van der Waals surface area contributed by atoms with Gasteiger partial charge in [0.1, 0.15) is 0 Å². The Bertz CT molecular complexity index is 983. The van der Waals surface area contributed by atoms with Gasteiger partial charge < -0.3 is 10.1 Å². The first-order valence-corrected chi connectivity index (χ1v) is 9.59. The van der Waals surface area contributed by atoms with Gasteiger partial charge in [-0.3, -0.25) is 4.79 Å². The standard InChI is InChI=1S/C19H20N2O5S/c1-13-5-3-6-15(11-13)9-10-18(22)26-14(2)19(23)21-16-7-4-8-17(12-16)27(20,24)25/h3-12,14H,1-2H3,(H,21,23)(H2,20,24,25)/b10-9+/t14-/m1/s1. The second-order valence-corrected chi connectivity index (χ2v) is 7.45. The predicted molar refractivity (Wildman–Crippen MR) is 102 cm³/mol. The van der Waals surface area contributed by atoms with Gasteiger partial charge in [0.15, 0.2) is 6.10 Å². The summed E-state index contributed by atoms with van der Waals surface area (Å²) >= 11 is 0. The van der Waals surface area contributed by atoms with Crippen LogP contribution in [-0.4, -0.2) is 26.4 Å². The molecule has 0 saturated carbocycles. The van der Waals surface area contributed by atoms with Crippen molar-refractivity contribution in [2.24, 2.45) is 5.14 Å². The number of esters is 1. The summed E-state index contributed by atoms with van der Waals surface area (Å²) in [6, 6.07) is 13.0. The quantitative estimate of drug-likeness (QED) is 0.581. The van der Waals surface area contributed by atoms with Crippen LogP contribution in [0.25, 0.3) is 6.08 Å². The molecular formula is C19H20N2O5S. The van der Waals surface area contributed by atoms with E-state index in [1.165, 1.54) is 37.3 Å². The van der Waals surface area contributed by atoms with Crippen molar-refractivity contribution in [3.8, 4) is 0 Å². The molecule has 142 valence electrons. The molecule has 0 radical (unpaired) electrons. The highest BCUT2D eigenvalue weighted by molar-refractivity contribution is 7.89. The molecule has 0 aromatic heterocycles. The van der Waals surface area contributed by atoms with Crippen molar-refractivity contribution in [3.05, 3.63) is 65.7 Å². The van der Waals surface area contributed by atoms with Crippen molar-refractivity contribution in [1.82, 2.24) is 0 Å². The summed E-state index contributed by atoms with van der Waals surface area (Å²) in [6.07, 6.45) is 1.76. The van der Waals surface area contributed by atoms with Crippen molar-refractivity contribution in [2.45, 2.75) is 24.8 Å².